The maximum Gasteiger partial charge on any atom is 0.260 e. The SMILES string of the molecule is COc1cc(OC)c(OC)cc1C=NNC(=O)Cn1ccnc1C. The average molecular weight is 332 g/mol. The van der Waals surface area contributed by atoms with Gasteiger partial charge in [0, 0.05) is 24.0 Å². The minimum atomic E-state index is -0.258. The third kappa shape index (κ3) is 4.03. The van der Waals surface area contributed by atoms with Crippen LogP contribution in [-0.2, 0) is 11.3 Å². The molecule has 0 saturated heterocycles. The highest BCUT2D eigenvalue weighted by Crippen LogP contribution is 2.33. The second-order valence-corrected chi connectivity index (χ2v) is 4.84. The summed E-state index contributed by atoms with van der Waals surface area (Å²) in [7, 11) is 4.63. The lowest BCUT2D eigenvalue weighted by Gasteiger charge is -2.11. The van der Waals surface area contributed by atoms with Crippen molar-refractivity contribution in [1.29, 1.82) is 0 Å². The van der Waals surface area contributed by atoms with Crippen molar-refractivity contribution >= 4 is 12.1 Å². The molecular formula is C16H20N4O4. The van der Waals surface area contributed by atoms with E-state index in [2.05, 4.69) is 15.5 Å². The molecule has 1 aromatic heterocycles. The molecule has 2 rings (SSSR count). The summed E-state index contributed by atoms with van der Waals surface area (Å²) in [6.07, 6.45) is 4.86. The van der Waals surface area contributed by atoms with Gasteiger partial charge in [-0.25, -0.2) is 10.4 Å². The number of carbonyl (C=O) groups excluding carboxylic acids is 1. The Morgan fingerprint density at radius 3 is 2.46 bits per heavy atom. The molecule has 0 radical (unpaired) electrons. The Labute approximate surface area is 140 Å². The first kappa shape index (κ1) is 17.3. The van der Waals surface area contributed by atoms with Crippen molar-refractivity contribution in [1.82, 2.24) is 15.0 Å². The average Bonchev–Trinajstić information content (AvgIpc) is 2.99. The lowest BCUT2D eigenvalue weighted by atomic mass is 10.2. The second kappa shape index (κ2) is 8.00. The molecule has 1 aromatic carbocycles. The summed E-state index contributed by atoms with van der Waals surface area (Å²) in [4.78, 5) is 15.9. The molecule has 0 aliphatic heterocycles. The quantitative estimate of drug-likeness (QED) is 0.611. The maximum atomic E-state index is 11.9. The largest absolute Gasteiger partial charge is 0.496 e. The molecule has 0 bridgehead atoms. The number of benzene rings is 1. The minimum Gasteiger partial charge on any atom is -0.496 e. The molecule has 1 heterocycles. The van der Waals surface area contributed by atoms with Crippen molar-refractivity contribution in [2.45, 2.75) is 13.5 Å². The molecule has 0 atom stereocenters. The highest BCUT2D eigenvalue weighted by molar-refractivity contribution is 5.86. The smallest absolute Gasteiger partial charge is 0.260 e. The van der Waals surface area contributed by atoms with E-state index in [0.29, 0.717) is 22.8 Å². The number of nitrogens with one attached hydrogen (secondary N) is 1. The number of imidazole rings is 1. The first-order chi connectivity index (χ1) is 11.6. The fraction of sp³-hybridized carbons (Fsp3) is 0.312. The lowest BCUT2D eigenvalue weighted by Crippen LogP contribution is -2.23. The lowest BCUT2D eigenvalue weighted by molar-refractivity contribution is -0.121. The van der Waals surface area contributed by atoms with E-state index in [9.17, 15) is 4.79 Å². The Balaban J connectivity index is 2.08. The van der Waals surface area contributed by atoms with Crippen LogP contribution in [0.2, 0.25) is 0 Å². The van der Waals surface area contributed by atoms with Crippen molar-refractivity contribution in [3.8, 4) is 17.2 Å². The van der Waals surface area contributed by atoms with E-state index in [0.717, 1.165) is 5.82 Å². The fourth-order valence-corrected chi connectivity index (χ4v) is 2.09. The predicted octanol–water partition coefficient (Wildman–Crippen LogP) is 1.37. The van der Waals surface area contributed by atoms with Gasteiger partial charge in [-0.15, -0.1) is 0 Å². The molecular weight excluding hydrogens is 312 g/mol. The highest BCUT2D eigenvalue weighted by Gasteiger charge is 2.10. The minimum absolute atomic E-state index is 0.145. The standard InChI is InChI=1S/C16H20N4O4/c1-11-17-5-6-20(11)10-16(21)19-18-9-12-7-14(23-3)15(24-4)8-13(12)22-2/h5-9H,10H2,1-4H3,(H,19,21). The van der Waals surface area contributed by atoms with Crippen molar-refractivity contribution in [2.75, 3.05) is 21.3 Å². The van der Waals surface area contributed by atoms with Crippen molar-refractivity contribution in [2.24, 2.45) is 5.10 Å². The Kier molecular flexibility index (Phi) is 5.78. The Morgan fingerprint density at radius 1 is 1.21 bits per heavy atom. The monoisotopic (exact) mass is 332 g/mol. The first-order valence-electron chi connectivity index (χ1n) is 7.18. The number of hydrazone groups is 1. The van der Waals surface area contributed by atoms with Crippen molar-refractivity contribution < 1.29 is 19.0 Å². The van der Waals surface area contributed by atoms with Gasteiger partial charge in [0.1, 0.15) is 18.1 Å². The van der Waals surface area contributed by atoms with Crippen LogP contribution in [0.4, 0.5) is 0 Å². The van der Waals surface area contributed by atoms with Crippen molar-refractivity contribution in [3.63, 3.8) is 0 Å². The molecule has 0 spiro atoms. The second-order valence-electron chi connectivity index (χ2n) is 4.84. The number of nitrogens with zero attached hydrogens (tertiary/aromatic N) is 3. The summed E-state index contributed by atoms with van der Waals surface area (Å²) < 4.78 is 17.5. The molecule has 0 saturated carbocycles. The number of rotatable bonds is 7. The van der Waals surface area contributed by atoms with Crippen molar-refractivity contribution in [3.05, 3.63) is 35.9 Å². The zero-order valence-corrected chi connectivity index (χ0v) is 14.1. The first-order valence-corrected chi connectivity index (χ1v) is 7.18. The van der Waals surface area contributed by atoms with Gasteiger partial charge in [-0.3, -0.25) is 4.79 Å². The van der Waals surface area contributed by atoms with E-state index in [1.807, 2.05) is 6.92 Å². The number of aromatic nitrogens is 2. The number of amides is 1. The van der Waals surface area contributed by atoms with Gasteiger partial charge in [0.25, 0.3) is 5.91 Å². The molecule has 0 unspecified atom stereocenters. The number of hydrogen-bond donors (Lipinski definition) is 1. The molecule has 8 nitrogen and oxygen atoms in total. The van der Waals surface area contributed by atoms with E-state index in [4.69, 9.17) is 14.2 Å². The summed E-state index contributed by atoms with van der Waals surface area (Å²) >= 11 is 0. The highest BCUT2D eigenvalue weighted by atomic mass is 16.5. The van der Waals surface area contributed by atoms with Gasteiger partial charge in [-0.1, -0.05) is 0 Å². The number of aryl methyl sites for hydroxylation is 1. The van der Waals surface area contributed by atoms with Gasteiger partial charge in [-0.2, -0.15) is 5.10 Å². The van der Waals surface area contributed by atoms with Crippen LogP contribution in [0.3, 0.4) is 0 Å². The van der Waals surface area contributed by atoms with Crippen LogP contribution in [0.25, 0.3) is 0 Å². The van der Waals surface area contributed by atoms with Crippen LogP contribution in [0.15, 0.2) is 29.6 Å². The third-order valence-electron chi connectivity index (χ3n) is 3.37. The van der Waals surface area contributed by atoms with Crippen LogP contribution in [0.1, 0.15) is 11.4 Å². The van der Waals surface area contributed by atoms with Crippen LogP contribution in [-0.4, -0.2) is 43.0 Å². The van der Waals surface area contributed by atoms with Crippen LogP contribution in [0.5, 0.6) is 17.2 Å². The van der Waals surface area contributed by atoms with Crippen LogP contribution < -0.4 is 19.6 Å². The molecule has 128 valence electrons. The van der Waals surface area contributed by atoms with Crippen LogP contribution >= 0.6 is 0 Å². The Morgan fingerprint density at radius 2 is 1.88 bits per heavy atom. The molecule has 1 N–H and O–H groups in total. The van der Waals surface area contributed by atoms with Crippen LogP contribution in [0, 0.1) is 6.92 Å². The summed E-state index contributed by atoms with van der Waals surface area (Å²) in [5.74, 6) is 2.14. The van der Waals surface area contributed by atoms with E-state index >= 15 is 0 Å². The van der Waals surface area contributed by atoms with Gasteiger partial charge >= 0.3 is 0 Å². The van der Waals surface area contributed by atoms with E-state index in [1.54, 1.807) is 50.4 Å². The topological polar surface area (TPSA) is 87.0 Å². The molecule has 2 aromatic rings. The van der Waals surface area contributed by atoms with Gasteiger partial charge < -0.3 is 18.8 Å². The number of hydrogen-bond acceptors (Lipinski definition) is 6. The molecule has 0 aliphatic carbocycles. The molecule has 0 fully saturated rings. The fourth-order valence-electron chi connectivity index (χ4n) is 2.09. The maximum absolute atomic E-state index is 11.9. The summed E-state index contributed by atoms with van der Waals surface area (Å²) in [6, 6.07) is 3.41. The zero-order valence-electron chi connectivity index (χ0n) is 14.1. The summed E-state index contributed by atoms with van der Waals surface area (Å²) in [5, 5.41) is 3.96. The van der Waals surface area contributed by atoms with E-state index < -0.39 is 0 Å². The Bertz CT molecular complexity index is 740. The predicted molar refractivity (Wildman–Crippen MR) is 88.8 cm³/mol. The number of carbonyl (C=O) groups is 1. The van der Waals surface area contributed by atoms with Gasteiger partial charge in [0.05, 0.1) is 27.5 Å². The summed E-state index contributed by atoms with van der Waals surface area (Å²) in [5.41, 5.74) is 3.12. The molecule has 1 amide bonds. The Hall–Kier alpha value is -3.03. The van der Waals surface area contributed by atoms with Gasteiger partial charge in [-0.05, 0) is 13.0 Å². The molecule has 8 heteroatoms. The molecule has 0 aliphatic rings. The summed E-state index contributed by atoms with van der Waals surface area (Å²) in [6.45, 7) is 1.97. The third-order valence-corrected chi connectivity index (χ3v) is 3.37. The zero-order chi connectivity index (χ0) is 17.5. The number of ether oxygens (including phenoxy) is 3. The van der Waals surface area contributed by atoms with Gasteiger partial charge in [0.15, 0.2) is 11.5 Å². The number of methoxy groups -OCH3 is 3. The van der Waals surface area contributed by atoms with E-state index in [-0.39, 0.29) is 12.5 Å². The van der Waals surface area contributed by atoms with Gasteiger partial charge in [0.2, 0.25) is 0 Å². The normalized spacial score (nSPS) is 10.7. The van der Waals surface area contributed by atoms with E-state index in [1.165, 1.54) is 6.21 Å². The molecule has 24 heavy (non-hydrogen) atoms.